The lowest BCUT2D eigenvalue weighted by atomic mass is 10.1. The van der Waals surface area contributed by atoms with E-state index in [4.69, 9.17) is 0 Å². The van der Waals surface area contributed by atoms with Crippen molar-refractivity contribution in [3.05, 3.63) is 24.3 Å². The molecule has 0 fully saturated rings. The number of hydrogen-bond donors (Lipinski definition) is 0. The molecule has 14 heavy (non-hydrogen) atoms. The van der Waals surface area contributed by atoms with Crippen molar-refractivity contribution in [3.63, 3.8) is 0 Å². The average Bonchev–Trinajstić information content (AvgIpc) is 2.22. The molecule has 0 unspecified atom stereocenters. The van der Waals surface area contributed by atoms with Crippen molar-refractivity contribution < 1.29 is 0 Å². The molecule has 0 bridgehead atoms. The molecule has 0 saturated carbocycles. The summed E-state index contributed by atoms with van der Waals surface area (Å²) in [5, 5.41) is 0. The summed E-state index contributed by atoms with van der Waals surface area (Å²) in [6, 6.07) is 0. The Kier molecular flexibility index (Phi) is 7.47. The highest BCUT2D eigenvalue weighted by atomic mass is 14.0. The maximum atomic E-state index is 3.23. The Balaban J connectivity index is 2.17. The molecule has 0 aromatic carbocycles. The summed E-state index contributed by atoms with van der Waals surface area (Å²) in [5.41, 5.74) is 0. The van der Waals surface area contributed by atoms with Crippen LogP contribution in [-0.4, -0.2) is 0 Å². The summed E-state index contributed by atoms with van der Waals surface area (Å²) in [6.45, 7) is 0. The van der Waals surface area contributed by atoms with Crippen LogP contribution in [-0.2, 0) is 0 Å². The summed E-state index contributed by atoms with van der Waals surface area (Å²) in [6.07, 6.45) is 23.5. The maximum absolute atomic E-state index is 3.23. The van der Waals surface area contributed by atoms with E-state index in [-0.39, 0.29) is 0 Å². The predicted molar refractivity (Wildman–Crippen MR) is 63.1 cm³/mol. The highest BCUT2D eigenvalue weighted by Gasteiger charge is 1.91. The van der Waals surface area contributed by atoms with Crippen LogP contribution in [0.2, 0.25) is 0 Å². The Morgan fingerprint density at radius 3 is 1.93 bits per heavy atom. The molecule has 79 valence electrons. The van der Waals surface area contributed by atoms with E-state index >= 15 is 0 Å². The van der Waals surface area contributed by atoms with Crippen LogP contribution < -0.4 is 0 Å². The first-order chi connectivity index (χ1) is 7.00. The molecule has 0 aromatic rings. The van der Waals surface area contributed by atoms with Gasteiger partial charge in [0.1, 0.15) is 0 Å². The zero-order valence-electron chi connectivity index (χ0n) is 9.30. The number of hydrogen-bond acceptors (Lipinski definition) is 0. The first kappa shape index (κ1) is 11.6. The van der Waals surface area contributed by atoms with E-state index in [0.717, 1.165) is 0 Å². The molecule has 0 aliphatic heterocycles. The van der Waals surface area contributed by atoms with Crippen molar-refractivity contribution in [1.82, 2.24) is 0 Å². The van der Waals surface area contributed by atoms with Crippen molar-refractivity contribution in [2.45, 2.75) is 64.2 Å². The molecule has 0 atom stereocenters. The lowest BCUT2D eigenvalue weighted by Gasteiger charge is -2.01. The average molecular weight is 191 g/mol. The van der Waals surface area contributed by atoms with Gasteiger partial charge in [-0.1, -0.05) is 56.8 Å². The van der Waals surface area contributed by atoms with E-state index in [1.54, 1.807) is 0 Å². The van der Waals surface area contributed by atoms with Gasteiger partial charge in [0.25, 0.3) is 0 Å². The van der Waals surface area contributed by atoms with Gasteiger partial charge in [-0.2, -0.15) is 0 Å². The van der Waals surface area contributed by atoms with Crippen molar-refractivity contribution in [3.8, 4) is 0 Å². The fourth-order valence-electron chi connectivity index (χ4n) is 1.87. The fraction of sp³-hybridized carbons (Fsp3) is 0.714. The van der Waals surface area contributed by atoms with Crippen molar-refractivity contribution >= 4 is 0 Å². The van der Waals surface area contributed by atoms with Gasteiger partial charge in [0, 0.05) is 0 Å². The number of allylic oxidation sites excluding steroid dienone is 4. The Labute approximate surface area is 89.1 Å². The first-order valence-electron chi connectivity index (χ1n) is 6.23. The third-order valence-electron chi connectivity index (χ3n) is 2.80. The summed E-state index contributed by atoms with van der Waals surface area (Å²) in [4.78, 5) is 0. The molecule has 1 aliphatic rings. The summed E-state index contributed by atoms with van der Waals surface area (Å²) in [7, 11) is 0. The molecule has 0 amide bonds. The van der Waals surface area contributed by atoms with Gasteiger partial charge in [0.05, 0.1) is 0 Å². The van der Waals surface area contributed by atoms with Gasteiger partial charge < -0.3 is 0 Å². The van der Waals surface area contributed by atoms with Gasteiger partial charge in [-0.15, -0.1) is 0 Å². The van der Waals surface area contributed by atoms with Crippen molar-refractivity contribution in [1.29, 1.82) is 0 Å². The molecule has 0 aromatic heterocycles. The van der Waals surface area contributed by atoms with Gasteiger partial charge in [-0.3, -0.25) is 0 Å². The zero-order valence-corrected chi connectivity index (χ0v) is 9.30. The maximum Gasteiger partial charge on any atom is -0.0230 e. The zero-order chi connectivity index (χ0) is 9.90. The smallest absolute Gasteiger partial charge is 0.0230 e. The van der Waals surface area contributed by atoms with E-state index in [0.29, 0.717) is 0 Å². The molecule has 1 aliphatic carbocycles. The van der Waals surface area contributed by atoms with Crippen LogP contribution in [0, 0.1) is 6.08 Å². The van der Waals surface area contributed by atoms with Crippen LogP contribution in [0.25, 0.3) is 0 Å². The predicted octanol–water partition coefficient (Wildman–Crippen LogP) is 4.82. The molecule has 0 heteroatoms. The van der Waals surface area contributed by atoms with Gasteiger partial charge in [-0.05, 0) is 31.8 Å². The highest BCUT2D eigenvalue weighted by molar-refractivity contribution is 4.94. The standard InChI is InChI=1S/C14H23/c1-2-4-6-8-10-12-14-13-11-9-7-5-3-1/h1-2,6H,3,5,7-14H2/b2-1-,6-4?. The topological polar surface area (TPSA) is 0 Å². The highest BCUT2D eigenvalue weighted by Crippen LogP contribution is 2.11. The van der Waals surface area contributed by atoms with Crippen LogP contribution in [0.15, 0.2) is 18.2 Å². The normalized spacial score (nSPS) is 26.3. The van der Waals surface area contributed by atoms with E-state index < -0.39 is 0 Å². The lowest BCUT2D eigenvalue weighted by Crippen LogP contribution is -1.81. The van der Waals surface area contributed by atoms with Gasteiger partial charge in [0.15, 0.2) is 0 Å². The fourth-order valence-corrected chi connectivity index (χ4v) is 1.87. The molecule has 1 rings (SSSR count). The van der Waals surface area contributed by atoms with Crippen molar-refractivity contribution in [2.24, 2.45) is 0 Å². The van der Waals surface area contributed by atoms with Gasteiger partial charge in [0.2, 0.25) is 0 Å². The molecule has 0 nitrogen and oxygen atoms in total. The van der Waals surface area contributed by atoms with E-state index in [1.165, 1.54) is 64.2 Å². The van der Waals surface area contributed by atoms with Crippen molar-refractivity contribution in [2.75, 3.05) is 0 Å². The van der Waals surface area contributed by atoms with E-state index in [9.17, 15) is 0 Å². The molecule has 1 radical (unpaired) electrons. The molecule has 0 saturated heterocycles. The molecule has 0 spiro atoms. The third kappa shape index (κ3) is 6.94. The Bertz CT molecular complexity index is 145. The SMILES string of the molecule is [C]1=C/CCCCCCCCCC\C=C/1. The quantitative estimate of drug-likeness (QED) is 0.515. The lowest BCUT2D eigenvalue weighted by molar-refractivity contribution is 0.570. The molecular formula is C14H23. The molecule has 0 N–H and O–H groups in total. The van der Waals surface area contributed by atoms with Crippen LogP contribution in [0.5, 0.6) is 0 Å². The van der Waals surface area contributed by atoms with Crippen LogP contribution in [0.3, 0.4) is 0 Å². The van der Waals surface area contributed by atoms with Crippen LogP contribution in [0.4, 0.5) is 0 Å². The Morgan fingerprint density at radius 1 is 0.643 bits per heavy atom. The van der Waals surface area contributed by atoms with Gasteiger partial charge in [-0.25, -0.2) is 0 Å². The minimum absolute atomic E-state index is 1.21. The molecule has 0 heterocycles. The summed E-state index contributed by atoms with van der Waals surface area (Å²) in [5.74, 6) is 0. The second-order valence-electron chi connectivity index (χ2n) is 4.18. The summed E-state index contributed by atoms with van der Waals surface area (Å²) < 4.78 is 0. The second-order valence-corrected chi connectivity index (χ2v) is 4.18. The van der Waals surface area contributed by atoms with Crippen LogP contribution in [0.1, 0.15) is 64.2 Å². The van der Waals surface area contributed by atoms with Gasteiger partial charge >= 0.3 is 0 Å². The van der Waals surface area contributed by atoms with E-state index in [2.05, 4.69) is 24.3 Å². The minimum Gasteiger partial charge on any atom is -0.0839 e. The Morgan fingerprint density at radius 2 is 1.21 bits per heavy atom. The monoisotopic (exact) mass is 191 g/mol. The third-order valence-corrected chi connectivity index (χ3v) is 2.80. The van der Waals surface area contributed by atoms with Crippen LogP contribution >= 0.6 is 0 Å². The second kappa shape index (κ2) is 9.05. The van der Waals surface area contributed by atoms with E-state index in [1.807, 2.05) is 0 Å². The largest absolute Gasteiger partial charge is 0.0839 e. The Hall–Kier alpha value is -0.520. The molecular weight excluding hydrogens is 168 g/mol. The number of rotatable bonds is 0. The summed E-state index contributed by atoms with van der Waals surface area (Å²) >= 11 is 0. The minimum atomic E-state index is 1.21. The first-order valence-corrected chi connectivity index (χ1v) is 6.23.